The van der Waals surface area contributed by atoms with Crippen LogP contribution in [-0.2, 0) is 0 Å². The van der Waals surface area contributed by atoms with E-state index >= 15 is 0 Å². The molecule has 0 amide bonds. The first-order chi connectivity index (χ1) is 6.58. The van der Waals surface area contributed by atoms with Crippen molar-refractivity contribution in [2.45, 2.75) is 44.9 Å². The summed E-state index contributed by atoms with van der Waals surface area (Å²) in [4.78, 5) is 2.34. The van der Waals surface area contributed by atoms with Gasteiger partial charge in [0, 0.05) is 20.5 Å². The zero-order chi connectivity index (χ0) is 11.0. The zero-order valence-corrected chi connectivity index (χ0v) is 13.3. The van der Waals surface area contributed by atoms with Crippen LogP contribution in [0.15, 0.2) is 0 Å². The number of alkyl halides is 1. The van der Waals surface area contributed by atoms with Gasteiger partial charge >= 0.3 is 0 Å². The maximum absolute atomic E-state index is 5.69. The highest BCUT2D eigenvalue weighted by atomic mass is 35.5. The van der Waals surface area contributed by atoms with Crippen molar-refractivity contribution >= 4 is 32.1 Å². The van der Waals surface area contributed by atoms with Gasteiger partial charge in [-0.3, -0.25) is 0 Å². The van der Waals surface area contributed by atoms with Crippen molar-refractivity contribution in [2.24, 2.45) is 0 Å². The van der Waals surface area contributed by atoms with Crippen LogP contribution in [0.25, 0.3) is 0 Å². The number of hydrogen-bond donors (Lipinski definition) is 0. The summed E-state index contributed by atoms with van der Waals surface area (Å²) in [6.07, 6.45) is 1.36. The van der Waals surface area contributed by atoms with Crippen molar-refractivity contribution in [3.63, 3.8) is 0 Å². The molecule has 0 atom stereocenters. The number of halogens is 2. The lowest BCUT2D eigenvalue weighted by Crippen LogP contribution is -2.30. The lowest BCUT2D eigenvalue weighted by molar-refractivity contribution is 0.355. The third-order valence-electron chi connectivity index (χ3n) is 3.49. The fourth-order valence-electron chi connectivity index (χ4n) is 1.64. The first-order valence-corrected chi connectivity index (χ1v) is 9.48. The largest absolute Gasteiger partial charge is 0.305 e. The molecule has 0 radical (unpaired) electrons. The van der Waals surface area contributed by atoms with Crippen LogP contribution in [0.5, 0.6) is 0 Å². The van der Waals surface area contributed by atoms with E-state index in [0.29, 0.717) is 0 Å². The van der Waals surface area contributed by atoms with Gasteiger partial charge in [0.1, 0.15) is 0 Å². The molecule has 0 aliphatic carbocycles. The van der Waals surface area contributed by atoms with E-state index in [4.69, 9.17) is 11.6 Å². The topological polar surface area (TPSA) is 3.24 Å². The van der Waals surface area contributed by atoms with Gasteiger partial charge in [-0.15, -0.1) is 24.0 Å². The van der Waals surface area contributed by atoms with E-state index in [1.54, 1.807) is 0 Å². The summed E-state index contributed by atoms with van der Waals surface area (Å²) < 4.78 is 0. The average Bonchev–Trinajstić information content (AvgIpc) is 2.18. The molecule has 0 heterocycles. The fourth-order valence-corrected chi connectivity index (χ4v) is 4.14. The summed E-state index contributed by atoms with van der Waals surface area (Å²) >= 11 is 5.69. The number of hydrogen-bond acceptors (Lipinski definition) is 1. The first kappa shape index (κ1) is 18.1. The van der Waals surface area contributed by atoms with E-state index in [0.717, 1.165) is 12.4 Å². The summed E-state index contributed by atoms with van der Waals surface area (Å²) in [7, 11) is 1.32. The first-order valence-electron chi connectivity index (χ1n) is 5.82. The second kappa shape index (κ2) is 9.95. The molecule has 0 aromatic rings. The van der Waals surface area contributed by atoms with Crippen molar-refractivity contribution in [3.8, 4) is 0 Å². The van der Waals surface area contributed by atoms with Crippen LogP contribution in [0.3, 0.4) is 0 Å². The van der Waals surface area contributed by atoms with Gasteiger partial charge in [-0.05, 0) is 20.0 Å². The number of nitrogens with zero attached hydrogens (tertiary/aromatic N) is 1. The van der Waals surface area contributed by atoms with Gasteiger partial charge in [-0.1, -0.05) is 38.5 Å². The Kier molecular flexibility index (Phi) is 12.0. The molecule has 0 aliphatic heterocycles. The van der Waals surface area contributed by atoms with E-state index in [2.05, 4.69) is 32.3 Å². The molecule has 0 saturated heterocycles. The molecule has 0 spiro atoms. The van der Waals surface area contributed by atoms with Crippen molar-refractivity contribution < 1.29 is 0 Å². The smallest absolute Gasteiger partial charge is 0.0499 e. The predicted molar refractivity (Wildman–Crippen MR) is 77.5 cm³/mol. The summed E-state index contributed by atoms with van der Waals surface area (Å²) in [5, 5.41) is 0. The highest BCUT2D eigenvalue weighted by molar-refractivity contribution is 6.78. The Bertz CT molecular complexity index is 141. The molecule has 4 heteroatoms. The molecule has 0 aliphatic rings. The van der Waals surface area contributed by atoms with Gasteiger partial charge in [-0.2, -0.15) is 0 Å². The molecular weight excluding hydrogens is 245 g/mol. The third-order valence-corrected chi connectivity index (χ3v) is 8.64. The monoisotopic (exact) mass is 271 g/mol. The molecular formula is C11H27Cl2NSi. The minimum absolute atomic E-state index is 0. The standard InChI is InChI=1S/C11H26ClNSi.ClH/c1-5-14(4,6-2)11-7-9-13(3)10-8-12;/h5-11H2,1-4H3;1H. The summed E-state index contributed by atoms with van der Waals surface area (Å²) in [6, 6.07) is 4.35. The second-order valence-electron chi connectivity index (χ2n) is 4.61. The molecule has 94 valence electrons. The Morgan fingerprint density at radius 3 is 2.07 bits per heavy atom. The van der Waals surface area contributed by atoms with Crippen LogP contribution in [0.1, 0.15) is 20.3 Å². The molecule has 1 nitrogen and oxygen atoms in total. The molecule has 0 aromatic heterocycles. The highest BCUT2D eigenvalue weighted by Gasteiger charge is 2.21. The Hall–Kier alpha value is 0.757. The summed E-state index contributed by atoms with van der Waals surface area (Å²) in [6.45, 7) is 9.50. The van der Waals surface area contributed by atoms with Gasteiger partial charge in [0.15, 0.2) is 0 Å². The van der Waals surface area contributed by atoms with E-state index < -0.39 is 8.07 Å². The Labute approximate surface area is 108 Å². The lowest BCUT2D eigenvalue weighted by atomic mass is 10.4. The van der Waals surface area contributed by atoms with Gasteiger partial charge in [0.05, 0.1) is 0 Å². The van der Waals surface area contributed by atoms with Crippen LogP contribution in [0, 0.1) is 0 Å². The van der Waals surface area contributed by atoms with Crippen LogP contribution < -0.4 is 0 Å². The minimum atomic E-state index is -0.847. The van der Waals surface area contributed by atoms with Crippen molar-refractivity contribution in [2.75, 3.05) is 26.0 Å². The van der Waals surface area contributed by atoms with E-state index in [9.17, 15) is 0 Å². The molecule has 0 unspecified atom stereocenters. The van der Waals surface area contributed by atoms with Crippen molar-refractivity contribution in [1.29, 1.82) is 0 Å². The Balaban J connectivity index is 0. The summed E-state index contributed by atoms with van der Waals surface area (Å²) in [5.41, 5.74) is 0. The lowest BCUT2D eigenvalue weighted by Gasteiger charge is -2.25. The van der Waals surface area contributed by atoms with Crippen LogP contribution in [-0.4, -0.2) is 39.0 Å². The molecule has 0 N–H and O–H groups in total. The van der Waals surface area contributed by atoms with Gasteiger partial charge in [0.25, 0.3) is 0 Å². The maximum Gasteiger partial charge on any atom is 0.0499 e. The SMILES string of the molecule is CC[Si](C)(CC)CCCN(C)CCCl.Cl. The second-order valence-corrected chi connectivity index (χ2v) is 10.5. The molecule has 0 bridgehead atoms. The molecule has 15 heavy (non-hydrogen) atoms. The Morgan fingerprint density at radius 1 is 1.13 bits per heavy atom. The molecule has 0 rings (SSSR count). The van der Waals surface area contributed by atoms with Gasteiger partial charge in [-0.25, -0.2) is 0 Å². The van der Waals surface area contributed by atoms with E-state index in [1.165, 1.54) is 31.1 Å². The third kappa shape index (κ3) is 8.55. The van der Waals surface area contributed by atoms with Crippen LogP contribution in [0.4, 0.5) is 0 Å². The normalized spacial score (nSPS) is 11.6. The number of rotatable bonds is 8. The van der Waals surface area contributed by atoms with Crippen LogP contribution in [0.2, 0.25) is 24.7 Å². The highest BCUT2D eigenvalue weighted by Crippen LogP contribution is 2.21. The zero-order valence-electron chi connectivity index (χ0n) is 10.7. The molecule has 0 saturated carbocycles. The Morgan fingerprint density at radius 2 is 1.67 bits per heavy atom. The fraction of sp³-hybridized carbons (Fsp3) is 1.00. The molecule has 0 fully saturated rings. The maximum atomic E-state index is 5.69. The van der Waals surface area contributed by atoms with Crippen molar-refractivity contribution in [1.82, 2.24) is 4.90 Å². The predicted octanol–water partition coefficient (Wildman–Crippen LogP) is 4.09. The summed E-state index contributed by atoms with van der Waals surface area (Å²) in [5.74, 6) is 0.757. The van der Waals surface area contributed by atoms with E-state index in [1.807, 2.05) is 0 Å². The average molecular weight is 272 g/mol. The van der Waals surface area contributed by atoms with E-state index in [-0.39, 0.29) is 12.4 Å². The van der Waals surface area contributed by atoms with Gasteiger partial charge < -0.3 is 4.90 Å². The quantitative estimate of drug-likeness (QED) is 0.475. The van der Waals surface area contributed by atoms with Gasteiger partial charge in [0.2, 0.25) is 0 Å². The van der Waals surface area contributed by atoms with Crippen molar-refractivity contribution in [3.05, 3.63) is 0 Å². The molecule has 0 aromatic carbocycles. The minimum Gasteiger partial charge on any atom is -0.305 e. The van der Waals surface area contributed by atoms with Crippen LogP contribution >= 0.6 is 24.0 Å².